The van der Waals surface area contributed by atoms with Crippen molar-refractivity contribution in [2.75, 3.05) is 13.2 Å². The van der Waals surface area contributed by atoms with E-state index in [2.05, 4.69) is 36.4 Å². The maximum absolute atomic E-state index is 8.73. The van der Waals surface area contributed by atoms with Crippen LogP contribution >= 0.6 is 0 Å². The molecule has 0 aliphatic rings. The Labute approximate surface area is 96.9 Å². The molecule has 0 amide bonds. The van der Waals surface area contributed by atoms with Gasteiger partial charge in [0.05, 0.1) is 18.8 Å². The SMILES string of the molecule is CC(C)(C)CCNCc1cn(CCO)nn1. The number of nitrogens with one attached hydrogen (secondary N) is 1. The van der Waals surface area contributed by atoms with Gasteiger partial charge in [-0.25, -0.2) is 4.68 Å². The first-order valence-corrected chi connectivity index (χ1v) is 5.72. The Balaban J connectivity index is 2.21. The van der Waals surface area contributed by atoms with E-state index in [1.165, 1.54) is 0 Å². The third-order valence-corrected chi connectivity index (χ3v) is 2.27. The summed E-state index contributed by atoms with van der Waals surface area (Å²) in [5.74, 6) is 0. The van der Waals surface area contributed by atoms with Crippen LogP contribution in [0.15, 0.2) is 6.20 Å². The molecule has 0 saturated heterocycles. The molecule has 1 aromatic heterocycles. The molecule has 0 radical (unpaired) electrons. The number of rotatable bonds is 6. The Morgan fingerprint density at radius 2 is 2.19 bits per heavy atom. The number of hydrogen-bond donors (Lipinski definition) is 2. The lowest BCUT2D eigenvalue weighted by Crippen LogP contribution is -2.20. The number of aliphatic hydroxyl groups excluding tert-OH is 1. The zero-order valence-electron chi connectivity index (χ0n) is 10.4. The maximum atomic E-state index is 8.73. The van der Waals surface area contributed by atoms with Crippen molar-refractivity contribution in [3.8, 4) is 0 Å². The van der Waals surface area contributed by atoms with E-state index in [0.29, 0.717) is 12.0 Å². The zero-order valence-corrected chi connectivity index (χ0v) is 10.4. The van der Waals surface area contributed by atoms with Crippen LogP contribution in [0.1, 0.15) is 32.9 Å². The second-order valence-electron chi connectivity index (χ2n) is 5.18. The highest BCUT2D eigenvalue weighted by Gasteiger charge is 2.09. The van der Waals surface area contributed by atoms with Crippen molar-refractivity contribution in [3.05, 3.63) is 11.9 Å². The lowest BCUT2D eigenvalue weighted by molar-refractivity contribution is 0.268. The normalized spacial score (nSPS) is 12.0. The Morgan fingerprint density at radius 1 is 1.44 bits per heavy atom. The number of hydrogen-bond acceptors (Lipinski definition) is 4. The number of aromatic nitrogens is 3. The molecule has 0 aromatic carbocycles. The van der Waals surface area contributed by atoms with Crippen LogP contribution in [0, 0.1) is 5.41 Å². The zero-order chi connectivity index (χ0) is 12.0. The lowest BCUT2D eigenvalue weighted by atomic mass is 9.92. The van der Waals surface area contributed by atoms with Crippen LogP contribution in [0.4, 0.5) is 0 Å². The Morgan fingerprint density at radius 3 is 2.81 bits per heavy atom. The summed E-state index contributed by atoms with van der Waals surface area (Å²) in [7, 11) is 0. The van der Waals surface area contributed by atoms with Gasteiger partial charge in [-0.1, -0.05) is 26.0 Å². The molecule has 0 unspecified atom stereocenters. The molecule has 16 heavy (non-hydrogen) atoms. The summed E-state index contributed by atoms with van der Waals surface area (Å²) in [5.41, 5.74) is 1.28. The van der Waals surface area contributed by atoms with Crippen molar-refractivity contribution in [3.63, 3.8) is 0 Å². The van der Waals surface area contributed by atoms with E-state index >= 15 is 0 Å². The van der Waals surface area contributed by atoms with Gasteiger partial charge in [0.1, 0.15) is 0 Å². The van der Waals surface area contributed by atoms with Gasteiger partial charge in [0.15, 0.2) is 0 Å². The van der Waals surface area contributed by atoms with Gasteiger partial charge >= 0.3 is 0 Å². The Hall–Kier alpha value is -0.940. The molecule has 0 bridgehead atoms. The van der Waals surface area contributed by atoms with E-state index in [9.17, 15) is 0 Å². The predicted molar refractivity (Wildman–Crippen MR) is 62.9 cm³/mol. The van der Waals surface area contributed by atoms with Gasteiger partial charge in [0, 0.05) is 12.7 Å². The van der Waals surface area contributed by atoms with Crippen molar-refractivity contribution in [1.29, 1.82) is 0 Å². The molecule has 0 atom stereocenters. The number of aliphatic hydroxyl groups is 1. The summed E-state index contributed by atoms with van der Waals surface area (Å²) in [6.45, 7) is 9.01. The smallest absolute Gasteiger partial charge is 0.0964 e. The Kier molecular flexibility index (Phi) is 4.89. The first-order valence-electron chi connectivity index (χ1n) is 5.72. The van der Waals surface area contributed by atoms with Crippen LogP contribution in [0.5, 0.6) is 0 Å². The van der Waals surface area contributed by atoms with Gasteiger partial charge in [0.25, 0.3) is 0 Å². The van der Waals surface area contributed by atoms with E-state index in [1.807, 2.05) is 6.20 Å². The molecule has 0 aliphatic heterocycles. The quantitative estimate of drug-likeness (QED) is 0.704. The van der Waals surface area contributed by atoms with Crippen LogP contribution in [-0.4, -0.2) is 33.3 Å². The van der Waals surface area contributed by atoms with Crippen LogP contribution in [0.2, 0.25) is 0 Å². The van der Waals surface area contributed by atoms with Crippen molar-refractivity contribution < 1.29 is 5.11 Å². The fourth-order valence-corrected chi connectivity index (χ4v) is 1.31. The maximum Gasteiger partial charge on any atom is 0.0964 e. The summed E-state index contributed by atoms with van der Waals surface area (Å²) in [4.78, 5) is 0. The highest BCUT2D eigenvalue weighted by molar-refractivity contribution is 4.91. The van der Waals surface area contributed by atoms with Crippen LogP contribution < -0.4 is 5.32 Å². The van der Waals surface area contributed by atoms with Crippen molar-refractivity contribution in [1.82, 2.24) is 20.3 Å². The van der Waals surface area contributed by atoms with Crippen LogP contribution in [0.25, 0.3) is 0 Å². The van der Waals surface area contributed by atoms with Crippen molar-refractivity contribution in [2.45, 2.75) is 40.3 Å². The third-order valence-electron chi connectivity index (χ3n) is 2.27. The molecule has 2 N–H and O–H groups in total. The molecular weight excluding hydrogens is 204 g/mol. The van der Waals surface area contributed by atoms with Gasteiger partial charge in [-0.3, -0.25) is 0 Å². The van der Waals surface area contributed by atoms with E-state index in [1.54, 1.807) is 4.68 Å². The summed E-state index contributed by atoms with van der Waals surface area (Å²) >= 11 is 0. The summed E-state index contributed by atoms with van der Waals surface area (Å²) in [6.07, 6.45) is 3.00. The fraction of sp³-hybridized carbons (Fsp3) is 0.818. The minimum Gasteiger partial charge on any atom is -0.394 e. The lowest BCUT2D eigenvalue weighted by Gasteiger charge is -2.17. The second-order valence-corrected chi connectivity index (χ2v) is 5.18. The molecule has 92 valence electrons. The molecular formula is C11H22N4O. The van der Waals surface area contributed by atoms with Gasteiger partial charge < -0.3 is 10.4 Å². The van der Waals surface area contributed by atoms with Gasteiger partial charge in [-0.2, -0.15) is 0 Å². The first kappa shape index (κ1) is 13.1. The van der Waals surface area contributed by atoms with Crippen LogP contribution in [0.3, 0.4) is 0 Å². The molecule has 0 saturated carbocycles. The number of nitrogens with zero attached hydrogens (tertiary/aromatic N) is 3. The summed E-state index contributed by atoms with van der Waals surface area (Å²) in [5, 5.41) is 20.0. The average molecular weight is 226 g/mol. The fourth-order valence-electron chi connectivity index (χ4n) is 1.31. The molecule has 0 aliphatic carbocycles. The standard InChI is InChI=1S/C11H22N4O/c1-11(2,3)4-5-12-8-10-9-15(6-7-16)14-13-10/h9,12,16H,4-8H2,1-3H3. The highest BCUT2D eigenvalue weighted by Crippen LogP contribution is 2.16. The molecule has 5 heteroatoms. The van der Waals surface area contributed by atoms with Gasteiger partial charge in [0.2, 0.25) is 0 Å². The van der Waals surface area contributed by atoms with E-state index in [-0.39, 0.29) is 6.61 Å². The van der Waals surface area contributed by atoms with E-state index in [0.717, 1.165) is 25.2 Å². The molecule has 1 heterocycles. The van der Waals surface area contributed by atoms with Gasteiger partial charge in [-0.15, -0.1) is 5.10 Å². The highest BCUT2D eigenvalue weighted by atomic mass is 16.3. The Bertz CT molecular complexity index is 303. The largest absolute Gasteiger partial charge is 0.394 e. The molecule has 0 fully saturated rings. The minimum absolute atomic E-state index is 0.0975. The molecule has 1 rings (SSSR count). The van der Waals surface area contributed by atoms with Crippen molar-refractivity contribution in [2.24, 2.45) is 5.41 Å². The predicted octanol–water partition coefficient (Wildman–Crippen LogP) is 0.796. The third kappa shape index (κ3) is 5.23. The molecule has 1 aromatic rings. The average Bonchev–Trinajstić information content (AvgIpc) is 2.60. The monoisotopic (exact) mass is 226 g/mol. The van der Waals surface area contributed by atoms with Gasteiger partial charge in [-0.05, 0) is 18.4 Å². The minimum atomic E-state index is 0.0975. The van der Waals surface area contributed by atoms with E-state index in [4.69, 9.17) is 5.11 Å². The van der Waals surface area contributed by atoms with Crippen molar-refractivity contribution >= 4 is 0 Å². The first-order chi connectivity index (χ1) is 7.51. The molecule has 0 spiro atoms. The topological polar surface area (TPSA) is 63.0 Å². The summed E-state index contributed by atoms with van der Waals surface area (Å²) < 4.78 is 1.65. The van der Waals surface area contributed by atoms with E-state index < -0.39 is 0 Å². The second kappa shape index (κ2) is 5.96. The van der Waals surface area contributed by atoms with Crippen LogP contribution in [-0.2, 0) is 13.1 Å². The molecule has 5 nitrogen and oxygen atoms in total. The summed E-state index contributed by atoms with van der Waals surface area (Å²) in [6, 6.07) is 0.